The lowest BCUT2D eigenvalue weighted by Crippen LogP contribution is -2.16. The maximum absolute atomic E-state index is 5.88. The number of fused-ring (bicyclic) bond motifs is 1. The Morgan fingerprint density at radius 2 is 2.29 bits per heavy atom. The molecule has 0 bridgehead atoms. The predicted molar refractivity (Wildman–Crippen MR) is 67.1 cm³/mol. The van der Waals surface area contributed by atoms with Crippen LogP contribution in [0.3, 0.4) is 0 Å². The van der Waals surface area contributed by atoms with Crippen molar-refractivity contribution in [2.24, 2.45) is 5.92 Å². The van der Waals surface area contributed by atoms with Gasteiger partial charge in [0.25, 0.3) is 0 Å². The van der Waals surface area contributed by atoms with Crippen molar-refractivity contribution in [3.8, 4) is 0 Å². The van der Waals surface area contributed by atoms with E-state index in [0.29, 0.717) is 11.7 Å². The molecule has 2 aromatic rings. The Morgan fingerprint density at radius 3 is 3.06 bits per heavy atom. The van der Waals surface area contributed by atoms with Gasteiger partial charge in [0.15, 0.2) is 5.65 Å². The summed E-state index contributed by atoms with van der Waals surface area (Å²) in [5.41, 5.74) is 0.679. The zero-order chi connectivity index (χ0) is 11.8. The number of halogens is 1. The van der Waals surface area contributed by atoms with E-state index in [0.717, 1.165) is 17.1 Å². The van der Waals surface area contributed by atoms with E-state index in [9.17, 15) is 0 Å². The van der Waals surface area contributed by atoms with Crippen molar-refractivity contribution in [2.75, 3.05) is 5.32 Å². The lowest BCUT2D eigenvalue weighted by atomic mass is 10.1. The molecule has 0 spiro atoms. The number of anilines is 1. The number of rotatable bonds is 2. The van der Waals surface area contributed by atoms with Crippen LogP contribution in [0.2, 0.25) is 5.28 Å². The zero-order valence-electron chi connectivity index (χ0n) is 9.57. The summed E-state index contributed by atoms with van der Waals surface area (Å²) in [5, 5.41) is 11.4. The van der Waals surface area contributed by atoms with Crippen LogP contribution in [0.5, 0.6) is 0 Å². The smallest absolute Gasteiger partial charge is 0.226 e. The van der Waals surface area contributed by atoms with E-state index in [4.69, 9.17) is 11.6 Å². The SMILES string of the molecule is CC1CCC(Nc2nc(Cl)nc3[nH]ncc23)C1. The second-order valence-corrected chi connectivity index (χ2v) is 5.07. The van der Waals surface area contributed by atoms with Crippen molar-refractivity contribution < 1.29 is 0 Å². The largest absolute Gasteiger partial charge is 0.367 e. The van der Waals surface area contributed by atoms with Gasteiger partial charge in [-0.3, -0.25) is 5.10 Å². The van der Waals surface area contributed by atoms with Crippen LogP contribution in [0.1, 0.15) is 26.2 Å². The van der Waals surface area contributed by atoms with E-state index in [1.54, 1.807) is 6.20 Å². The molecule has 2 aromatic heterocycles. The molecule has 2 unspecified atom stereocenters. The molecule has 6 heteroatoms. The summed E-state index contributed by atoms with van der Waals surface area (Å²) in [6, 6.07) is 0.481. The third-order valence-electron chi connectivity index (χ3n) is 3.32. The molecule has 0 aromatic carbocycles. The fourth-order valence-corrected chi connectivity index (χ4v) is 2.62. The normalized spacial score (nSPS) is 24.4. The molecule has 2 atom stereocenters. The molecule has 1 fully saturated rings. The Hall–Kier alpha value is -1.36. The van der Waals surface area contributed by atoms with Crippen molar-refractivity contribution in [1.82, 2.24) is 20.2 Å². The van der Waals surface area contributed by atoms with Crippen molar-refractivity contribution in [3.63, 3.8) is 0 Å². The van der Waals surface area contributed by atoms with Gasteiger partial charge in [-0.25, -0.2) is 0 Å². The van der Waals surface area contributed by atoms with Gasteiger partial charge >= 0.3 is 0 Å². The molecular formula is C11H14ClN5. The third-order valence-corrected chi connectivity index (χ3v) is 3.49. The second kappa shape index (κ2) is 4.14. The number of aromatic nitrogens is 4. The van der Waals surface area contributed by atoms with E-state index in [2.05, 4.69) is 32.4 Å². The number of nitrogens with one attached hydrogen (secondary N) is 2. The van der Waals surface area contributed by atoms with E-state index < -0.39 is 0 Å². The third kappa shape index (κ3) is 2.07. The first-order valence-corrected chi connectivity index (χ1v) is 6.23. The lowest BCUT2D eigenvalue weighted by molar-refractivity contribution is 0.602. The van der Waals surface area contributed by atoms with E-state index >= 15 is 0 Å². The summed E-state index contributed by atoms with van der Waals surface area (Å²) in [6.07, 6.45) is 5.36. The van der Waals surface area contributed by atoms with Crippen LogP contribution in [-0.2, 0) is 0 Å². The fraction of sp³-hybridized carbons (Fsp3) is 0.545. The highest BCUT2D eigenvalue weighted by molar-refractivity contribution is 6.28. The molecule has 2 N–H and O–H groups in total. The average molecular weight is 252 g/mol. The molecular weight excluding hydrogens is 238 g/mol. The van der Waals surface area contributed by atoms with Crippen molar-refractivity contribution in [1.29, 1.82) is 0 Å². The minimum Gasteiger partial charge on any atom is -0.367 e. The van der Waals surface area contributed by atoms with Crippen molar-refractivity contribution in [2.45, 2.75) is 32.2 Å². The Labute approximate surface area is 104 Å². The fourth-order valence-electron chi connectivity index (χ4n) is 2.45. The van der Waals surface area contributed by atoms with Crippen molar-refractivity contribution in [3.05, 3.63) is 11.5 Å². The molecule has 0 aliphatic heterocycles. The van der Waals surface area contributed by atoms with Gasteiger partial charge in [-0.15, -0.1) is 0 Å². The summed E-state index contributed by atoms with van der Waals surface area (Å²) in [5.74, 6) is 1.57. The summed E-state index contributed by atoms with van der Waals surface area (Å²) >= 11 is 5.88. The Kier molecular flexibility index (Phi) is 2.63. The highest BCUT2D eigenvalue weighted by Gasteiger charge is 2.22. The van der Waals surface area contributed by atoms with Crippen molar-refractivity contribution >= 4 is 28.5 Å². The van der Waals surface area contributed by atoms with Gasteiger partial charge in [0.05, 0.1) is 11.6 Å². The maximum atomic E-state index is 5.88. The molecule has 90 valence electrons. The highest BCUT2D eigenvalue weighted by atomic mass is 35.5. The molecule has 0 amide bonds. The van der Waals surface area contributed by atoms with Gasteiger partial charge in [-0.1, -0.05) is 6.92 Å². The van der Waals surface area contributed by atoms with Gasteiger partial charge < -0.3 is 5.32 Å². The standard InChI is InChI=1S/C11H14ClN5/c1-6-2-3-7(4-6)14-9-8-5-13-17-10(8)16-11(12)15-9/h5-7H,2-4H2,1H3,(H2,13,14,15,16,17). The molecule has 1 aliphatic carbocycles. The monoisotopic (exact) mass is 251 g/mol. The van der Waals surface area contributed by atoms with Gasteiger partial charge in [0.1, 0.15) is 5.82 Å². The predicted octanol–water partition coefficient (Wildman–Crippen LogP) is 2.61. The van der Waals surface area contributed by atoms with E-state index in [1.807, 2.05) is 0 Å². The van der Waals surface area contributed by atoms with Crippen LogP contribution in [0.25, 0.3) is 11.0 Å². The topological polar surface area (TPSA) is 66.5 Å². The van der Waals surface area contributed by atoms with Gasteiger partial charge in [0, 0.05) is 6.04 Å². The molecule has 2 heterocycles. The van der Waals surface area contributed by atoms with Crippen LogP contribution in [0, 0.1) is 5.92 Å². The minimum absolute atomic E-state index is 0.246. The molecule has 0 saturated heterocycles. The lowest BCUT2D eigenvalue weighted by Gasteiger charge is -2.13. The van der Waals surface area contributed by atoms with Gasteiger partial charge in [0.2, 0.25) is 5.28 Å². The molecule has 0 radical (unpaired) electrons. The van der Waals surface area contributed by atoms with Crippen LogP contribution in [-0.4, -0.2) is 26.2 Å². The maximum Gasteiger partial charge on any atom is 0.226 e. The highest BCUT2D eigenvalue weighted by Crippen LogP contribution is 2.29. The van der Waals surface area contributed by atoms with Crippen LogP contribution in [0.4, 0.5) is 5.82 Å². The Morgan fingerprint density at radius 1 is 1.41 bits per heavy atom. The minimum atomic E-state index is 0.246. The molecule has 1 saturated carbocycles. The number of aromatic amines is 1. The summed E-state index contributed by atoms with van der Waals surface area (Å²) < 4.78 is 0. The zero-order valence-corrected chi connectivity index (χ0v) is 10.3. The number of hydrogen-bond donors (Lipinski definition) is 2. The number of nitrogens with zero attached hydrogens (tertiary/aromatic N) is 3. The molecule has 17 heavy (non-hydrogen) atoms. The van der Waals surface area contributed by atoms with Crippen LogP contribution < -0.4 is 5.32 Å². The number of H-pyrrole nitrogens is 1. The first-order chi connectivity index (χ1) is 8.22. The van der Waals surface area contributed by atoms with E-state index in [-0.39, 0.29) is 5.28 Å². The van der Waals surface area contributed by atoms with Gasteiger partial charge in [-0.05, 0) is 36.8 Å². The summed E-state index contributed by atoms with van der Waals surface area (Å²) in [4.78, 5) is 8.33. The average Bonchev–Trinajstić information content (AvgIpc) is 2.87. The summed E-state index contributed by atoms with van der Waals surface area (Å²) in [7, 11) is 0. The molecule has 1 aliphatic rings. The Bertz CT molecular complexity index is 538. The molecule has 3 rings (SSSR count). The first-order valence-electron chi connectivity index (χ1n) is 5.85. The Balaban J connectivity index is 1.91. The summed E-state index contributed by atoms with van der Waals surface area (Å²) in [6.45, 7) is 2.28. The first kappa shape index (κ1) is 10.8. The second-order valence-electron chi connectivity index (χ2n) is 4.73. The van der Waals surface area contributed by atoms with Crippen LogP contribution in [0.15, 0.2) is 6.20 Å². The van der Waals surface area contributed by atoms with Gasteiger partial charge in [-0.2, -0.15) is 15.1 Å². The molecule has 5 nitrogen and oxygen atoms in total. The quantitative estimate of drug-likeness (QED) is 0.806. The van der Waals surface area contributed by atoms with E-state index in [1.165, 1.54) is 19.3 Å². The number of hydrogen-bond acceptors (Lipinski definition) is 4. The van der Waals surface area contributed by atoms with Crippen LogP contribution >= 0.6 is 11.6 Å².